The Kier molecular flexibility index (Phi) is 2.42. The third-order valence-corrected chi connectivity index (χ3v) is 3.33. The average Bonchev–Trinajstić information content (AvgIpc) is 2.72. The van der Waals surface area contributed by atoms with Crippen molar-refractivity contribution in [3.63, 3.8) is 0 Å². The molecule has 0 aromatic heterocycles. The van der Waals surface area contributed by atoms with Crippen LogP contribution in [0, 0.1) is 0 Å². The third-order valence-electron chi connectivity index (χ3n) is 3.33. The summed E-state index contributed by atoms with van der Waals surface area (Å²) in [6.45, 7) is 0. The first-order chi connectivity index (χ1) is 8.74. The number of benzene rings is 2. The molecule has 0 radical (unpaired) electrons. The zero-order valence-corrected chi connectivity index (χ0v) is 9.88. The van der Waals surface area contributed by atoms with Gasteiger partial charge in [0.25, 0.3) is 0 Å². The van der Waals surface area contributed by atoms with Crippen LogP contribution in [0.5, 0.6) is 0 Å². The van der Waals surface area contributed by atoms with E-state index in [-0.39, 0.29) is 0 Å². The molecule has 1 N–H and O–H groups in total. The molecule has 0 saturated heterocycles. The van der Waals surface area contributed by atoms with Crippen LogP contribution in [0.1, 0.15) is 27.6 Å². The van der Waals surface area contributed by atoms with Crippen molar-refractivity contribution in [2.75, 3.05) is 7.11 Å². The molecule has 18 heavy (non-hydrogen) atoms. The number of hydrogen-bond acceptors (Lipinski definition) is 3. The highest BCUT2D eigenvalue weighted by molar-refractivity contribution is 5.96. The molecule has 2 aromatic carbocycles. The molecule has 0 spiro atoms. The van der Waals surface area contributed by atoms with Crippen molar-refractivity contribution in [3.05, 3.63) is 59.2 Å². The topological polar surface area (TPSA) is 46.5 Å². The molecule has 0 saturated carbocycles. The molecule has 0 amide bonds. The highest BCUT2D eigenvalue weighted by Crippen LogP contribution is 2.44. The summed E-state index contributed by atoms with van der Waals surface area (Å²) in [5.74, 6) is -0.418. The minimum absolute atomic E-state index is 0.418. The molecule has 0 fully saturated rings. The molecule has 1 atom stereocenters. The number of fused-ring (bicyclic) bond motifs is 3. The molecule has 1 aliphatic rings. The second-order valence-electron chi connectivity index (χ2n) is 4.25. The lowest BCUT2D eigenvalue weighted by atomic mass is 10.0. The van der Waals surface area contributed by atoms with E-state index < -0.39 is 12.1 Å². The Hall–Kier alpha value is -2.13. The molecule has 3 rings (SSSR count). The summed E-state index contributed by atoms with van der Waals surface area (Å²) < 4.78 is 4.76. The van der Waals surface area contributed by atoms with Gasteiger partial charge in [-0.3, -0.25) is 0 Å². The number of aliphatic hydroxyl groups excluding tert-OH is 1. The zero-order chi connectivity index (χ0) is 12.7. The van der Waals surface area contributed by atoms with Crippen molar-refractivity contribution in [2.45, 2.75) is 6.10 Å². The van der Waals surface area contributed by atoms with Gasteiger partial charge in [0, 0.05) is 5.56 Å². The van der Waals surface area contributed by atoms with Gasteiger partial charge in [-0.2, -0.15) is 0 Å². The van der Waals surface area contributed by atoms with E-state index in [2.05, 4.69) is 0 Å². The lowest BCUT2D eigenvalue weighted by Crippen LogP contribution is -2.07. The molecule has 0 heterocycles. The first kappa shape index (κ1) is 11.0. The Morgan fingerprint density at radius 3 is 2.61 bits per heavy atom. The zero-order valence-electron chi connectivity index (χ0n) is 9.88. The van der Waals surface area contributed by atoms with E-state index in [4.69, 9.17) is 4.74 Å². The van der Waals surface area contributed by atoms with Gasteiger partial charge in [-0.1, -0.05) is 36.4 Å². The number of ether oxygens (including phenoxy) is 1. The molecule has 3 heteroatoms. The average molecular weight is 240 g/mol. The normalized spacial score (nSPS) is 16.0. The van der Waals surface area contributed by atoms with Gasteiger partial charge in [0.15, 0.2) is 0 Å². The van der Waals surface area contributed by atoms with Crippen LogP contribution in [-0.4, -0.2) is 18.2 Å². The fraction of sp³-hybridized carbons (Fsp3) is 0.133. The Balaban J connectivity index is 2.27. The number of aliphatic hydroxyl groups is 1. The van der Waals surface area contributed by atoms with E-state index in [1.807, 2.05) is 30.3 Å². The maximum absolute atomic E-state index is 11.7. The van der Waals surface area contributed by atoms with Crippen molar-refractivity contribution in [2.24, 2.45) is 0 Å². The predicted molar refractivity (Wildman–Crippen MR) is 67.3 cm³/mol. The highest BCUT2D eigenvalue weighted by atomic mass is 16.5. The summed E-state index contributed by atoms with van der Waals surface area (Å²) in [6, 6.07) is 13.0. The van der Waals surface area contributed by atoms with E-state index in [0.29, 0.717) is 11.1 Å². The molecule has 0 aliphatic heterocycles. The van der Waals surface area contributed by atoms with Crippen LogP contribution >= 0.6 is 0 Å². The van der Waals surface area contributed by atoms with E-state index in [0.717, 1.165) is 16.7 Å². The summed E-state index contributed by atoms with van der Waals surface area (Å²) in [7, 11) is 1.34. The van der Waals surface area contributed by atoms with Gasteiger partial charge in [0.1, 0.15) is 6.10 Å². The van der Waals surface area contributed by atoms with Crippen LogP contribution in [-0.2, 0) is 4.74 Å². The van der Waals surface area contributed by atoms with Crippen molar-refractivity contribution in [3.8, 4) is 11.1 Å². The number of carbonyl (C=O) groups is 1. The van der Waals surface area contributed by atoms with Crippen molar-refractivity contribution in [1.82, 2.24) is 0 Å². The SMILES string of the molecule is COC(=O)c1cccc2c1[C@@H](O)c1ccccc1-2. The Morgan fingerprint density at radius 2 is 1.83 bits per heavy atom. The van der Waals surface area contributed by atoms with Crippen LogP contribution in [0.3, 0.4) is 0 Å². The summed E-state index contributed by atoms with van der Waals surface area (Å²) in [5.41, 5.74) is 3.79. The Bertz CT molecular complexity index is 631. The largest absolute Gasteiger partial charge is 0.465 e. The van der Waals surface area contributed by atoms with Crippen molar-refractivity contribution < 1.29 is 14.6 Å². The molecule has 1 aliphatic carbocycles. The van der Waals surface area contributed by atoms with E-state index in [1.165, 1.54) is 7.11 Å². The minimum atomic E-state index is -0.758. The molecular formula is C15H12O3. The van der Waals surface area contributed by atoms with Gasteiger partial charge in [-0.15, -0.1) is 0 Å². The smallest absolute Gasteiger partial charge is 0.338 e. The fourth-order valence-electron chi connectivity index (χ4n) is 2.52. The lowest BCUT2D eigenvalue weighted by Gasteiger charge is -2.10. The van der Waals surface area contributed by atoms with Crippen LogP contribution in [0.2, 0.25) is 0 Å². The number of methoxy groups -OCH3 is 1. The molecule has 0 unspecified atom stereocenters. The van der Waals surface area contributed by atoms with Gasteiger partial charge in [0.05, 0.1) is 12.7 Å². The van der Waals surface area contributed by atoms with Gasteiger partial charge < -0.3 is 9.84 Å². The summed E-state index contributed by atoms with van der Waals surface area (Å²) >= 11 is 0. The predicted octanol–water partition coefficient (Wildman–Crippen LogP) is 2.54. The maximum atomic E-state index is 11.7. The fourth-order valence-corrected chi connectivity index (χ4v) is 2.52. The number of carbonyl (C=O) groups excluding carboxylic acids is 1. The number of rotatable bonds is 1. The maximum Gasteiger partial charge on any atom is 0.338 e. The molecule has 3 nitrogen and oxygen atoms in total. The summed E-state index contributed by atoms with van der Waals surface area (Å²) in [4.78, 5) is 11.7. The Morgan fingerprint density at radius 1 is 1.11 bits per heavy atom. The molecular weight excluding hydrogens is 228 g/mol. The van der Waals surface area contributed by atoms with Crippen molar-refractivity contribution in [1.29, 1.82) is 0 Å². The van der Waals surface area contributed by atoms with Crippen LogP contribution in [0.15, 0.2) is 42.5 Å². The van der Waals surface area contributed by atoms with Gasteiger partial charge in [-0.05, 0) is 22.8 Å². The second-order valence-corrected chi connectivity index (χ2v) is 4.25. The summed E-state index contributed by atoms with van der Waals surface area (Å²) in [6.07, 6.45) is -0.758. The van der Waals surface area contributed by atoms with Gasteiger partial charge >= 0.3 is 5.97 Å². The molecule has 2 aromatic rings. The van der Waals surface area contributed by atoms with Crippen LogP contribution in [0.4, 0.5) is 0 Å². The summed E-state index contributed by atoms with van der Waals surface area (Å²) in [5, 5.41) is 10.4. The van der Waals surface area contributed by atoms with Crippen molar-refractivity contribution >= 4 is 5.97 Å². The Labute approximate surface area is 105 Å². The number of hydrogen-bond donors (Lipinski definition) is 1. The first-order valence-electron chi connectivity index (χ1n) is 5.72. The van der Waals surface area contributed by atoms with E-state index >= 15 is 0 Å². The van der Waals surface area contributed by atoms with Gasteiger partial charge in [0.2, 0.25) is 0 Å². The standard InChI is InChI=1S/C15H12O3/c1-18-15(17)12-8-4-7-10-9-5-2-3-6-11(9)14(16)13(10)12/h2-8,14,16H,1H3/t14-/m0/s1. The lowest BCUT2D eigenvalue weighted by molar-refractivity contribution is 0.0596. The molecule has 0 bridgehead atoms. The highest BCUT2D eigenvalue weighted by Gasteiger charge is 2.30. The second kappa shape index (κ2) is 3.96. The van der Waals surface area contributed by atoms with E-state index in [9.17, 15) is 9.90 Å². The third kappa shape index (κ3) is 1.38. The van der Waals surface area contributed by atoms with Crippen LogP contribution < -0.4 is 0 Å². The first-order valence-corrected chi connectivity index (χ1v) is 5.72. The minimum Gasteiger partial charge on any atom is -0.465 e. The van der Waals surface area contributed by atoms with E-state index in [1.54, 1.807) is 12.1 Å². The molecule has 90 valence electrons. The quantitative estimate of drug-likeness (QED) is 0.779. The van der Waals surface area contributed by atoms with Gasteiger partial charge in [-0.25, -0.2) is 4.79 Å². The van der Waals surface area contributed by atoms with Crippen LogP contribution in [0.25, 0.3) is 11.1 Å². The monoisotopic (exact) mass is 240 g/mol. The number of esters is 1.